The molecule has 0 saturated heterocycles. The van der Waals surface area contributed by atoms with Crippen molar-refractivity contribution in [1.29, 1.82) is 0 Å². The van der Waals surface area contributed by atoms with Crippen LogP contribution in [0, 0.1) is 0 Å². The van der Waals surface area contributed by atoms with E-state index in [1.807, 2.05) is 0 Å². The van der Waals surface area contributed by atoms with Gasteiger partial charge in [0.05, 0.1) is 0 Å². The average molecular weight is 175 g/mol. The van der Waals surface area contributed by atoms with Gasteiger partial charge in [-0.15, -0.1) is 0 Å². The van der Waals surface area contributed by atoms with Crippen molar-refractivity contribution in [3.63, 3.8) is 0 Å². The first-order valence-corrected chi connectivity index (χ1v) is 5.13. The Kier molecular flexibility index (Phi) is 2.26. The van der Waals surface area contributed by atoms with Crippen molar-refractivity contribution >= 4 is 5.69 Å². The number of fused-ring (bicyclic) bond motifs is 1. The first-order valence-electron chi connectivity index (χ1n) is 5.13. The van der Waals surface area contributed by atoms with Crippen molar-refractivity contribution in [3.05, 3.63) is 29.8 Å². The Morgan fingerprint density at radius 2 is 2.15 bits per heavy atom. The molecule has 0 unspecified atom stereocenters. The zero-order valence-corrected chi connectivity index (χ0v) is 8.46. The van der Waals surface area contributed by atoms with E-state index in [2.05, 4.69) is 43.1 Å². The van der Waals surface area contributed by atoms with Crippen LogP contribution in [0.5, 0.6) is 0 Å². The first kappa shape index (κ1) is 8.61. The highest BCUT2D eigenvalue weighted by Gasteiger charge is 2.20. The van der Waals surface area contributed by atoms with E-state index in [0.717, 1.165) is 5.92 Å². The van der Waals surface area contributed by atoms with E-state index in [9.17, 15) is 0 Å². The highest BCUT2D eigenvalue weighted by atomic mass is 15.1. The van der Waals surface area contributed by atoms with Crippen LogP contribution < -0.4 is 4.90 Å². The zero-order chi connectivity index (χ0) is 9.26. The molecule has 1 atom stereocenters. The van der Waals surface area contributed by atoms with E-state index in [4.69, 9.17) is 0 Å². The van der Waals surface area contributed by atoms with Crippen LogP contribution in [0.1, 0.15) is 31.2 Å². The molecule has 1 heterocycles. The average Bonchev–Trinajstić information content (AvgIpc) is 2.19. The maximum atomic E-state index is 2.36. The molecule has 1 heteroatoms. The molecule has 0 aliphatic carbocycles. The van der Waals surface area contributed by atoms with Gasteiger partial charge in [0.25, 0.3) is 0 Å². The van der Waals surface area contributed by atoms with E-state index in [0.29, 0.717) is 0 Å². The Balaban J connectivity index is 2.42. The Morgan fingerprint density at radius 3 is 2.92 bits per heavy atom. The molecule has 1 aromatic carbocycles. The Labute approximate surface area is 80.4 Å². The van der Waals surface area contributed by atoms with Crippen molar-refractivity contribution in [2.75, 3.05) is 18.5 Å². The fraction of sp³-hybridized carbons (Fsp3) is 0.500. The Hall–Kier alpha value is -0.980. The van der Waals surface area contributed by atoms with E-state index in [1.54, 1.807) is 5.56 Å². The predicted octanol–water partition coefficient (Wildman–Crippen LogP) is 3.02. The SMILES string of the molecule is CC[C@H]1CCN(C)c2ccccc21. The van der Waals surface area contributed by atoms with Gasteiger partial charge in [-0.3, -0.25) is 0 Å². The van der Waals surface area contributed by atoms with E-state index in [-0.39, 0.29) is 0 Å². The summed E-state index contributed by atoms with van der Waals surface area (Å²) in [5, 5.41) is 0. The van der Waals surface area contributed by atoms with Gasteiger partial charge in [0.2, 0.25) is 0 Å². The molecule has 70 valence electrons. The molecule has 13 heavy (non-hydrogen) atoms. The minimum atomic E-state index is 0.785. The lowest BCUT2D eigenvalue weighted by Crippen LogP contribution is -2.26. The largest absolute Gasteiger partial charge is 0.374 e. The van der Waals surface area contributed by atoms with Crippen LogP contribution in [-0.2, 0) is 0 Å². The normalized spacial score (nSPS) is 21.4. The summed E-state index contributed by atoms with van der Waals surface area (Å²) >= 11 is 0. The standard InChI is InChI=1S/C12H17N/c1-3-10-8-9-13(2)12-7-5-4-6-11(10)12/h4-7,10H,3,8-9H2,1-2H3/t10-/m0/s1. The van der Waals surface area contributed by atoms with Crippen molar-refractivity contribution in [1.82, 2.24) is 0 Å². The molecule has 1 nitrogen and oxygen atoms in total. The summed E-state index contributed by atoms with van der Waals surface area (Å²) in [6, 6.07) is 8.80. The molecule has 0 radical (unpaired) electrons. The van der Waals surface area contributed by atoms with Gasteiger partial charge in [0.15, 0.2) is 0 Å². The van der Waals surface area contributed by atoms with Crippen LogP contribution in [0.2, 0.25) is 0 Å². The lowest BCUT2D eigenvalue weighted by Gasteiger charge is -2.32. The summed E-state index contributed by atoms with van der Waals surface area (Å²) < 4.78 is 0. The molecule has 0 N–H and O–H groups in total. The van der Waals surface area contributed by atoms with Crippen LogP contribution in [0.25, 0.3) is 0 Å². The molecule has 0 aromatic heterocycles. The van der Waals surface area contributed by atoms with Crippen molar-refractivity contribution < 1.29 is 0 Å². The molecular weight excluding hydrogens is 158 g/mol. The maximum Gasteiger partial charge on any atom is 0.0399 e. The van der Waals surface area contributed by atoms with Gasteiger partial charge in [-0.25, -0.2) is 0 Å². The van der Waals surface area contributed by atoms with Gasteiger partial charge in [-0.2, -0.15) is 0 Å². The summed E-state index contributed by atoms with van der Waals surface area (Å²) in [6.45, 7) is 3.49. The number of rotatable bonds is 1. The van der Waals surface area contributed by atoms with Crippen LogP contribution in [0.4, 0.5) is 5.69 Å². The number of nitrogens with zero attached hydrogens (tertiary/aromatic N) is 1. The van der Waals surface area contributed by atoms with E-state index in [1.165, 1.54) is 25.1 Å². The molecule has 0 spiro atoms. The summed E-state index contributed by atoms with van der Waals surface area (Å²) in [7, 11) is 2.19. The highest BCUT2D eigenvalue weighted by molar-refractivity contribution is 5.56. The summed E-state index contributed by atoms with van der Waals surface area (Å²) in [4.78, 5) is 2.36. The number of anilines is 1. The van der Waals surface area contributed by atoms with Gasteiger partial charge in [0, 0.05) is 19.3 Å². The number of benzene rings is 1. The van der Waals surface area contributed by atoms with Crippen LogP contribution in [0.15, 0.2) is 24.3 Å². The molecule has 1 aromatic rings. The molecular formula is C12H17N. The van der Waals surface area contributed by atoms with Crippen molar-refractivity contribution in [3.8, 4) is 0 Å². The lowest BCUT2D eigenvalue weighted by molar-refractivity contribution is 0.577. The fourth-order valence-corrected chi connectivity index (χ4v) is 2.23. The van der Waals surface area contributed by atoms with Gasteiger partial charge in [0.1, 0.15) is 0 Å². The van der Waals surface area contributed by atoms with Crippen molar-refractivity contribution in [2.45, 2.75) is 25.7 Å². The minimum absolute atomic E-state index is 0.785. The Bertz CT molecular complexity index is 293. The molecule has 0 fully saturated rings. The zero-order valence-electron chi connectivity index (χ0n) is 8.46. The third-order valence-electron chi connectivity index (χ3n) is 3.09. The first-order chi connectivity index (χ1) is 6.33. The fourth-order valence-electron chi connectivity index (χ4n) is 2.23. The third-order valence-corrected chi connectivity index (χ3v) is 3.09. The number of hydrogen-bond donors (Lipinski definition) is 0. The smallest absolute Gasteiger partial charge is 0.0399 e. The summed E-state index contributed by atoms with van der Waals surface area (Å²) in [5.74, 6) is 0.785. The second-order valence-corrected chi connectivity index (χ2v) is 3.87. The summed E-state index contributed by atoms with van der Waals surface area (Å²) in [6.07, 6.45) is 2.58. The van der Waals surface area contributed by atoms with Crippen LogP contribution in [0.3, 0.4) is 0 Å². The predicted molar refractivity (Wildman–Crippen MR) is 57.4 cm³/mol. The lowest BCUT2D eigenvalue weighted by atomic mass is 9.88. The molecule has 0 saturated carbocycles. The van der Waals surface area contributed by atoms with Gasteiger partial charge < -0.3 is 4.90 Å². The van der Waals surface area contributed by atoms with Gasteiger partial charge in [-0.05, 0) is 30.4 Å². The van der Waals surface area contributed by atoms with E-state index >= 15 is 0 Å². The summed E-state index contributed by atoms with van der Waals surface area (Å²) in [5.41, 5.74) is 2.97. The molecule has 1 aliphatic rings. The van der Waals surface area contributed by atoms with Gasteiger partial charge >= 0.3 is 0 Å². The second kappa shape index (κ2) is 3.41. The monoisotopic (exact) mass is 175 g/mol. The molecule has 1 aliphatic heterocycles. The Morgan fingerprint density at radius 1 is 1.38 bits per heavy atom. The van der Waals surface area contributed by atoms with E-state index < -0.39 is 0 Å². The van der Waals surface area contributed by atoms with Crippen molar-refractivity contribution in [2.24, 2.45) is 0 Å². The highest BCUT2D eigenvalue weighted by Crippen LogP contribution is 2.35. The molecule has 0 bridgehead atoms. The van der Waals surface area contributed by atoms with Gasteiger partial charge in [-0.1, -0.05) is 25.1 Å². The quantitative estimate of drug-likeness (QED) is 0.634. The molecule has 0 amide bonds. The maximum absolute atomic E-state index is 2.36. The topological polar surface area (TPSA) is 3.24 Å². The second-order valence-electron chi connectivity index (χ2n) is 3.87. The number of para-hydroxylation sites is 1. The van der Waals surface area contributed by atoms with Crippen LogP contribution >= 0.6 is 0 Å². The number of hydrogen-bond acceptors (Lipinski definition) is 1. The molecule has 2 rings (SSSR count). The third kappa shape index (κ3) is 1.43. The minimum Gasteiger partial charge on any atom is -0.374 e. The van der Waals surface area contributed by atoms with Crippen LogP contribution in [-0.4, -0.2) is 13.6 Å².